The minimum absolute atomic E-state index is 0.0637. The summed E-state index contributed by atoms with van der Waals surface area (Å²) in [4.78, 5) is 29.4. The van der Waals surface area contributed by atoms with E-state index in [9.17, 15) is 31.2 Å². The van der Waals surface area contributed by atoms with E-state index < -0.39 is 46.2 Å². The second-order valence-corrected chi connectivity index (χ2v) is 14.1. The van der Waals surface area contributed by atoms with E-state index in [0.717, 1.165) is 34.2 Å². The summed E-state index contributed by atoms with van der Waals surface area (Å²) in [6, 6.07) is 24.8. The summed E-state index contributed by atoms with van der Waals surface area (Å²) < 4.78 is 71.1. The van der Waals surface area contributed by atoms with Gasteiger partial charge in [0.2, 0.25) is 11.8 Å². The number of nitrogens with zero attached hydrogens (tertiary/aromatic N) is 2. The average molecular weight is 745 g/mol. The molecule has 1 N–H and O–H groups in total. The van der Waals surface area contributed by atoms with Gasteiger partial charge >= 0.3 is 6.18 Å². The molecule has 4 rings (SSSR count). The summed E-state index contributed by atoms with van der Waals surface area (Å²) in [5.74, 6) is -1.19. The number of benzene rings is 4. The Hall–Kier alpha value is -4.16. The van der Waals surface area contributed by atoms with E-state index in [0.29, 0.717) is 28.9 Å². The fourth-order valence-corrected chi connectivity index (χ4v) is 6.72. The predicted octanol–water partition coefficient (Wildman–Crippen LogP) is 7.53. The van der Waals surface area contributed by atoms with Gasteiger partial charge in [0.25, 0.3) is 10.0 Å². The minimum Gasteiger partial charge on any atom is -0.354 e. The maximum Gasteiger partial charge on any atom is 0.416 e. The zero-order valence-corrected chi connectivity index (χ0v) is 29.0. The number of sulfonamides is 1. The molecular weight excluding hydrogens is 707 g/mol. The molecule has 1 atom stereocenters. The Morgan fingerprint density at radius 1 is 0.875 bits per heavy atom. The van der Waals surface area contributed by atoms with Crippen molar-refractivity contribution < 1.29 is 31.2 Å². The summed E-state index contributed by atoms with van der Waals surface area (Å²) in [7, 11) is -4.55. The molecule has 48 heavy (non-hydrogen) atoms. The monoisotopic (exact) mass is 743 g/mol. The van der Waals surface area contributed by atoms with Gasteiger partial charge in [-0.1, -0.05) is 95.5 Å². The first-order chi connectivity index (χ1) is 22.8. The lowest BCUT2D eigenvalue weighted by Crippen LogP contribution is -2.53. The molecule has 2 amide bonds. The van der Waals surface area contributed by atoms with Gasteiger partial charge in [-0.3, -0.25) is 13.9 Å². The van der Waals surface area contributed by atoms with Crippen LogP contribution in [-0.4, -0.2) is 44.3 Å². The van der Waals surface area contributed by atoms with Crippen LogP contribution in [0.4, 0.5) is 18.9 Å². The Balaban J connectivity index is 1.83. The number of alkyl halides is 3. The molecular formula is C36H37BrF3N3O4S. The van der Waals surface area contributed by atoms with Crippen LogP contribution in [0.25, 0.3) is 0 Å². The van der Waals surface area contributed by atoms with Crippen molar-refractivity contribution in [1.82, 2.24) is 10.2 Å². The third kappa shape index (κ3) is 9.70. The molecule has 4 aromatic carbocycles. The van der Waals surface area contributed by atoms with Crippen LogP contribution in [0.1, 0.15) is 42.0 Å². The molecule has 7 nitrogen and oxygen atoms in total. The van der Waals surface area contributed by atoms with E-state index in [4.69, 9.17) is 0 Å². The Morgan fingerprint density at radius 2 is 1.54 bits per heavy atom. The van der Waals surface area contributed by atoms with Crippen molar-refractivity contribution in [2.45, 2.75) is 56.8 Å². The summed E-state index contributed by atoms with van der Waals surface area (Å²) in [6.07, 6.45) is -3.10. The standard InChI is InChI=1S/C36H37BrF3N3O4S/c1-3-4-21-41-35(45)33(22-27-9-6-5-7-10-27)42(24-28-15-17-30(37)18-16-28)34(44)25-43(31-12-8-11-29(23-31)36(38,39)40)48(46,47)32-19-13-26(2)14-20-32/h5-20,23,33H,3-4,21-22,24-25H2,1-2H3,(H,41,45). The fourth-order valence-electron chi connectivity index (χ4n) is 5.05. The van der Waals surface area contributed by atoms with Gasteiger partial charge in [-0.15, -0.1) is 0 Å². The smallest absolute Gasteiger partial charge is 0.354 e. The molecule has 0 aliphatic carbocycles. The SMILES string of the molecule is CCCCNC(=O)C(Cc1ccccc1)N(Cc1ccc(Br)cc1)C(=O)CN(c1cccc(C(F)(F)F)c1)S(=O)(=O)c1ccc(C)cc1. The molecule has 4 aromatic rings. The van der Waals surface area contributed by atoms with Crippen LogP contribution >= 0.6 is 15.9 Å². The van der Waals surface area contributed by atoms with E-state index in [-0.39, 0.29) is 23.5 Å². The number of aryl methyl sites for hydroxylation is 1. The first kappa shape index (κ1) is 36.7. The molecule has 0 aliphatic heterocycles. The molecule has 0 saturated carbocycles. The van der Waals surface area contributed by atoms with Gasteiger partial charge in [0.15, 0.2) is 0 Å². The Labute approximate surface area is 287 Å². The molecule has 0 spiro atoms. The molecule has 12 heteroatoms. The van der Waals surface area contributed by atoms with Crippen molar-refractivity contribution in [1.29, 1.82) is 0 Å². The fraction of sp³-hybridized carbons (Fsp3) is 0.278. The van der Waals surface area contributed by atoms with Gasteiger partial charge in [-0.2, -0.15) is 13.2 Å². The van der Waals surface area contributed by atoms with Crippen LogP contribution in [-0.2, 0) is 38.8 Å². The molecule has 0 bridgehead atoms. The molecule has 0 aromatic heterocycles. The Morgan fingerprint density at radius 3 is 2.17 bits per heavy atom. The maximum absolute atomic E-state index is 14.5. The second-order valence-electron chi connectivity index (χ2n) is 11.4. The van der Waals surface area contributed by atoms with Crippen LogP contribution < -0.4 is 9.62 Å². The third-order valence-corrected chi connectivity index (χ3v) is 10.0. The molecule has 0 radical (unpaired) electrons. The first-order valence-electron chi connectivity index (χ1n) is 15.4. The van der Waals surface area contributed by atoms with Crippen LogP contribution in [0.3, 0.4) is 0 Å². The highest BCUT2D eigenvalue weighted by Gasteiger charge is 2.36. The number of carbonyl (C=O) groups is 2. The van der Waals surface area contributed by atoms with Crippen molar-refractivity contribution in [3.8, 4) is 0 Å². The van der Waals surface area contributed by atoms with Crippen LogP contribution in [0, 0.1) is 6.92 Å². The number of carbonyl (C=O) groups excluding carboxylic acids is 2. The van der Waals surface area contributed by atoms with Gasteiger partial charge in [0.05, 0.1) is 16.1 Å². The lowest BCUT2D eigenvalue weighted by atomic mass is 10.0. The van der Waals surface area contributed by atoms with Crippen LogP contribution in [0.15, 0.2) is 112 Å². The summed E-state index contributed by atoms with van der Waals surface area (Å²) >= 11 is 3.40. The Bertz CT molecular complexity index is 1790. The van der Waals surface area contributed by atoms with Crippen molar-refractivity contribution in [3.63, 3.8) is 0 Å². The summed E-state index contributed by atoms with van der Waals surface area (Å²) in [6.45, 7) is 3.20. The predicted molar refractivity (Wildman–Crippen MR) is 184 cm³/mol. The lowest BCUT2D eigenvalue weighted by molar-refractivity contribution is -0.140. The molecule has 1 unspecified atom stereocenters. The minimum atomic E-state index is -4.76. The summed E-state index contributed by atoms with van der Waals surface area (Å²) in [5, 5.41) is 2.91. The van der Waals surface area contributed by atoms with Gasteiger partial charge in [0.1, 0.15) is 12.6 Å². The van der Waals surface area contributed by atoms with Crippen molar-refractivity contribution >= 4 is 43.5 Å². The van der Waals surface area contributed by atoms with Gasteiger partial charge in [0, 0.05) is 24.0 Å². The highest BCUT2D eigenvalue weighted by Crippen LogP contribution is 2.33. The van der Waals surface area contributed by atoms with Gasteiger partial charge in [-0.05, 0) is 66.9 Å². The zero-order chi connectivity index (χ0) is 34.9. The quantitative estimate of drug-likeness (QED) is 0.135. The number of anilines is 1. The van der Waals surface area contributed by atoms with E-state index in [1.165, 1.54) is 23.1 Å². The molecule has 0 saturated heterocycles. The van der Waals surface area contributed by atoms with Crippen molar-refractivity contribution in [2.75, 3.05) is 17.4 Å². The van der Waals surface area contributed by atoms with Crippen molar-refractivity contribution in [3.05, 3.63) is 130 Å². The largest absolute Gasteiger partial charge is 0.416 e. The van der Waals surface area contributed by atoms with E-state index >= 15 is 0 Å². The topological polar surface area (TPSA) is 86.8 Å². The molecule has 254 valence electrons. The van der Waals surface area contributed by atoms with Gasteiger partial charge < -0.3 is 10.2 Å². The van der Waals surface area contributed by atoms with E-state index in [1.807, 2.05) is 37.3 Å². The number of halogens is 4. The highest BCUT2D eigenvalue weighted by atomic mass is 79.9. The average Bonchev–Trinajstić information content (AvgIpc) is 3.06. The van der Waals surface area contributed by atoms with E-state index in [1.54, 1.807) is 43.3 Å². The molecule has 0 heterocycles. The number of amides is 2. The van der Waals surface area contributed by atoms with Gasteiger partial charge in [-0.25, -0.2) is 8.42 Å². The maximum atomic E-state index is 14.5. The normalized spacial score (nSPS) is 12.3. The zero-order valence-electron chi connectivity index (χ0n) is 26.6. The first-order valence-corrected chi connectivity index (χ1v) is 17.6. The van der Waals surface area contributed by atoms with Crippen LogP contribution in [0.2, 0.25) is 0 Å². The molecule has 0 aliphatic rings. The number of hydrogen-bond acceptors (Lipinski definition) is 4. The number of nitrogens with one attached hydrogen (secondary N) is 1. The van der Waals surface area contributed by atoms with Crippen LogP contribution in [0.5, 0.6) is 0 Å². The summed E-state index contributed by atoms with van der Waals surface area (Å²) in [5.41, 5.74) is 0.797. The third-order valence-electron chi connectivity index (χ3n) is 7.72. The highest BCUT2D eigenvalue weighted by molar-refractivity contribution is 9.10. The lowest BCUT2D eigenvalue weighted by Gasteiger charge is -2.34. The van der Waals surface area contributed by atoms with E-state index in [2.05, 4.69) is 21.2 Å². The van der Waals surface area contributed by atoms with Crippen molar-refractivity contribution in [2.24, 2.45) is 0 Å². The Kier molecular flexibility index (Phi) is 12.4. The number of unbranched alkanes of at least 4 members (excludes halogenated alkanes) is 1. The number of rotatable bonds is 14. The molecule has 0 fully saturated rings. The number of hydrogen-bond donors (Lipinski definition) is 1. The second kappa shape index (κ2) is 16.3.